The minimum atomic E-state index is -0.178. The zero-order chi connectivity index (χ0) is 13.8. The Labute approximate surface area is 114 Å². The van der Waals surface area contributed by atoms with Crippen molar-refractivity contribution in [3.8, 4) is 0 Å². The van der Waals surface area contributed by atoms with E-state index in [0.717, 1.165) is 11.3 Å². The molecule has 0 fully saturated rings. The fourth-order valence-corrected chi connectivity index (χ4v) is 1.75. The maximum Gasteiger partial charge on any atom is 0.222 e. The fourth-order valence-electron chi connectivity index (χ4n) is 1.58. The van der Waals surface area contributed by atoms with E-state index in [9.17, 15) is 4.79 Å². The molecule has 0 radical (unpaired) electrons. The lowest BCUT2D eigenvalue weighted by molar-refractivity contribution is -0.122. The van der Waals surface area contributed by atoms with Crippen molar-refractivity contribution in [1.29, 1.82) is 0 Å². The molecule has 0 aromatic heterocycles. The lowest BCUT2D eigenvalue weighted by atomic mass is 10.1. The van der Waals surface area contributed by atoms with E-state index >= 15 is 0 Å². The van der Waals surface area contributed by atoms with Crippen LogP contribution >= 0.6 is 11.6 Å². The molecule has 100 valence electrons. The first-order chi connectivity index (χ1) is 8.28. The van der Waals surface area contributed by atoms with Gasteiger partial charge in [-0.15, -0.1) is 0 Å². The summed E-state index contributed by atoms with van der Waals surface area (Å²) in [4.78, 5) is 11.6. The topological polar surface area (TPSA) is 41.1 Å². The summed E-state index contributed by atoms with van der Waals surface area (Å²) in [6.07, 6.45) is 0.448. The lowest BCUT2D eigenvalue weighted by Gasteiger charge is -2.20. The SMILES string of the molecule is Cc1ccc(Cl)cc1NCCC(=O)NC(C)(C)C. The van der Waals surface area contributed by atoms with Crippen molar-refractivity contribution in [2.24, 2.45) is 0 Å². The quantitative estimate of drug-likeness (QED) is 0.879. The standard InChI is InChI=1S/C14H21ClN2O/c1-10-5-6-11(15)9-12(10)16-8-7-13(18)17-14(2,3)4/h5-6,9,16H,7-8H2,1-4H3,(H,17,18). The molecule has 0 atom stereocenters. The summed E-state index contributed by atoms with van der Waals surface area (Å²) < 4.78 is 0. The van der Waals surface area contributed by atoms with Gasteiger partial charge in [0.1, 0.15) is 0 Å². The predicted molar refractivity (Wildman–Crippen MR) is 77.2 cm³/mol. The molecule has 1 amide bonds. The summed E-state index contributed by atoms with van der Waals surface area (Å²) in [5, 5.41) is 6.85. The van der Waals surface area contributed by atoms with Crippen LogP contribution in [0.2, 0.25) is 5.02 Å². The summed E-state index contributed by atoms with van der Waals surface area (Å²) in [6, 6.07) is 5.69. The highest BCUT2D eigenvalue weighted by Crippen LogP contribution is 2.19. The van der Waals surface area contributed by atoms with Crippen LogP contribution in [-0.2, 0) is 4.79 Å². The number of anilines is 1. The van der Waals surface area contributed by atoms with Crippen LogP contribution in [0, 0.1) is 6.92 Å². The third kappa shape index (κ3) is 5.41. The largest absolute Gasteiger partial charge is 0.384 e. The molecule has 18 heavy (non-hydrogen) atoms. The molecule has 2 N–H and O–H groups in total. The van der Waals surface area contributed by atoms with Crippen molar-refractivity contribution in [2.45, 2.75) is 39.7 Å². The van der Waals surface area contributed by atoms with Crippen molar-refractivity contribution in [3.05, 3.63) is 28.8 Å². The minimum Gasteiger partial charge on any atom is -0.384 e. The number of benzene rings is 1. The number of halogens is 1. The molecule has 3 nitrogen and oxygen atoms in total. The smallest absolute Gasteiger partial charge is 0.222 e. The lowest BCUT2D eigenvalue weighted by Crippen LogP contribution is -2.41. The normalized spacial score (nSPS) is 11.2. The summed E-state index contributed by atoms with van der Waals surface area (Å²) in [5.41, 5.74) is 1.92. The van der Waals surface area contributed by atoms with Crippen LogP contribution in [0.25, 0.3) is 0 Å². The fraction of sp³-hybridized carbons (Fsp3) is 0.500. The molecule has 1 rings (SSSR count). The predicted octanol–water partition coefficient (Wildman–Crippen LogP) is 3.37. The van der Waals surface area contributed by atoms with Crippen molar-refractivity contribution in [1.82, 2.24) is 5.32 Å². The molecular formula is C14H21ClN2O. The molecule has 0 aliphatic carbocycles. The first kappa shape index (κ1) is 14.8. The molecule has 1 aromatic rings. The second kappa shape index (κ2) is 6.10. The summed E-state index contributed by atoms with van der Waals surface area (Å²) in [7, 11) is 0. The zero-order valence-electron chi connectivity index (χ0n) is 11.4. The molecule has 0 heterocycles. The number of nitrogens with one attached hydrogen (secondary N) is 2. The highest BCUT2D eigenvalue weighted by Gasteiger charge is 2.13. The number of carbonyl (C=O) groups is 1. The maximum absolute atomic E-state index is 11.6. The Morgan fingerprint density at radius 1 is 1.33 bits per heavy atom. The van der Waals surface area contributed by atoms with E-state index in [1.54, 1.807) is 0 Å². The van der Waals surface area contributed by atoms with E-state index in [1.807, 2.05) is 45.9 Å². The number of hydrogen-bond donors (Lipinski definition) is 2. The highest BCUT2D eigenvalue weighted by molar-refractivity contribution is 6.30. The van der Waals surface area contributed by atoms with E-state index in [2.05, 4.69) is 10.6 Å². The van der Waals surface area contributed by atoms with E-state index < -0.39 is 0 Å². The number of aryl methyl sites for hydroxylation is 1. The molecule has 0 aliphatic heterocycles. The Kier molecular flexibility index (Phi) is 5.03. The van der Waals surface area contributed by atoms with Crippen molar-refractivity contribution >= 4 is 23.2 Å². The Morgan fingerprint density at radius 2 is 2.00 bits per heavy atom. The third-order valence-corrected chi connectivity index (χ3v) is 2.62. The van der Waals surface area contributed by atoms with E-state index in [1.165, 1.54) is 0 Å². The Balaban J connectivity index is 2.42. The first-order valence-electron chi connectivity index (χ1n) is 6.09. The molecule has 0 spiro atoms. The molecular weight excluding hydrogens is 248 g/mol. The van der Waals surface area contributed by atoms with Gasteiger partial charge in [0.25, 0.3) is 0 Å². The van der Waals surface area contributed by atoms with Gasteiger partial charge in [-0.05, 0) is 45.4 Å². The van der Waals surface area contributed by atoms with Gasteiger partial charge in [-0.2, -0.15) is 0 Å². The second-order valence-electron chi connectivity index (χ2n) is 5.43. The van der Waals surface area contributed by atoms with Gasteiger partial charge in [0, 0.05) is 29.2 Å². The molecule has 0 unspecified atom stereocenters. The van der Waals surface area contributed by atoms with Crippen molar-refractivity contribution in [2.75, 3.05) is 11.9 Å². The van der Waals surface area contributed by atoms with Crippen LogP contribution in [0.15, 0.2) is 18.2 Å². The monoisotopic (exact) mass is 268 g/mol. The van der Waals surface area contributed by atoms with Gasteiger partial charge in [0.15, 0.2) is 0 Å². The second-order valence-corrected chi connectivity index (χ2v) is 5.87. The Bertz CT molecular complexity index is 424. The van der Waals surface area contributed by atoms with E-state index in [4.69, 9.17) is 11.6 Å². The van der Waals surface area contributed by atoms with Crippen LogP contribution in [0.5, 0.6) is 0 Å². The van der Waals surface area contributed by atoms with Gasteiger partial charge >= 0.3 is 0 Å². The molecule has 0 bridgehead atoms. The van der Waals surface area contributed by atoms with Crippen LogP contribution in [-0.4, -0.2) is 18.0 Å². The van der Waals surface area contributed by atoms with Gasteiger partial charge in [-0.3, -0.25) is 4.79 Å². The average molecular weight is 269 g/mol. The van der Waals surface area contributed by atoms with E-state index in [-0.39, 0.29) is 11.4 Å². The molecule has 0 saturated heterocycles. The van der Waals surface area contributed by atoms with E-state index in [0.29, 0.717) is 18.0 Å². The number of hydrogen-bond acceptors (Lipinski definition) is 2. The summed E-state index contributed by atoms with van der Waals surface area (Å²) >= 11 is 5.93. The Hall–Kier alpha value is -1.22. The van der Waals surface area contributed by atoms with Crippen molar-refractivity contribution < 1.29 is 4.79 Å². The molecule has 1 aromatic carbocycles. The number of rotatable bonds is 4. The maximum atomic E-state index is 11.6. The highest BCUT2D eigenvalue weighted by atomic mass is 35.5. The van der Waals surface area contributed by atoms with Crippen molar-refractivity contribution in [3.63, 3.8) is 0 Å². The third-order valence-electron chi connectivity index (χ3n) is 2.38. The minimum absolute atomic E-state index is 0.0506. The summed E-state index contributed by atoms with van der Waals surface area (Å²) in [5.74, 6) is 0.0506. The van der Waals surface area contributed by atoms with Gasteiger partial charge in [-0.25, -0.2) is 0 Å². The van der Waals surface area contributed by atoms with Gasteiger partial charge < -0.3 is 10.6 Å². The van der Waals surface area contributed by atoms with Crippen LogP contribution in [0.4, 0.5) is 5.69 Å². The number of amides is 1. The molecule has 0 saturated carbocycles. The average Bonchev–Trinajstić information content (AvgIpc) is 2.20. The Morgan fingerprint density at radius 3 is 2.61 bits per heavy atom. The van der Waals surface area contributed by atoms with Crippen LogP contribution < -0.4 is 10.6 Å². The van der Waals surface area contributed by atoms with Gasteiger partial charge in [-0.1, -0.05) is 17.7 Å². The van der Waals surface area contributed by atoms with Gasteiger partial charge in [0.2, 0.25) is 5.91 Å². The van der Waals surface area contributed by atoms with Crippen LogP contribution in [0.3, 0.4) is 0 Å². The number of carbonyl (C=O) groups excluding carboxylic acids is 1. The van der Waals surface area contributed by atoms with Crippen LogP contribution in [0.1, 0.15) is 32.8 Å². The summed E-state index contributed by atoms with van der Waals surface area (Å²) in [6.45, 7) is 8.52. The zero-order valence-corrected chi connectivity index (χ0v) is 12.2. The first-order valence-corrected chi connectivity index (χ1v) is 6.47. The van der Waals surface area contributed by atoms with Gasteiger partial charge in [0.05, 0.1) is 0 Å². The molecule has 0 aliphatic rings. The molecule has 4 heteroatoms.